The summed E-state index contributed by atoms with van der Waals surface area (Å²) in [5, 5.41) is 14.0. The lowest BCUT2D eigenvalue weighted by Crippen LogP contribution is -1.84. The first-order valence-electron chi connectivity index (χ1n) is 5.23. The number of pyridine rings is 1. The molecular formula is C12H10N4S. The van der Waals surface area contributed by atoms with Gasteiger partial charge in [0.25, 0.3) is 0 Å². The molecule has 0 aliphatic rings. The van der Waals surface area contributed by atoms with E-state index in [1.54, 1.807) is 17.5 Å². The van der Waals surface area contributed by atoms with E-state index in [1.807, 2.05) is 31.3 Å². The van der Waals surface area contributed by atoms with Gasteiger partial charge in [-0.3, -0.25) is 4.98 Å². The fourth-order valence-electron chi connectivity index (χ4n) is 1.65. The van der Waals surface area contributed by atoms with Crippen molar-refractivity contribution in [2.45, 2.75) is 0 Å². The van der Waals surface area contributed by atoms with Crippen LogP contribution in [0.2, 0.25) is 0 Å². The lowest BCUT2D eigenvalue weighted by molar-refractivity contribution is 1.09. The average molecular weight is 242 g/mol. The number of aromatic nitrogens is 3. The van der Waals surface area contributed by atoms with Gasteiger partial charge in [-0.2, -0.15) is 0 Å². The molecule has 0 fully saturated rings. The van der Waals surface area contributed by atoms with Crippen molar-refractivity contribution >= 4 is 27.4 Å². The molecule has 5 heteroatoms. The quantitative estimate of drug-likeness (QED) is 0.750. The normalized spacial score (nSPS) is 10.6. The number of nitrogens with one attached hydrogen (secondary N) is 1. The molecule has 17 heavy (non-hydrogen) atoms. The van der Waals surface area contributed by atoms with Crippen LogP contribution in [0.15, 0.2) is 36.5 Å². The Morgan fingerprint density at radius 1 is 1.18 bits per heavy atom. The summed E-state index contributed by atoms with van der Waals surface area (Å²) in [4.78, 5) is 4.29. The number of fused-ring (bicyclic) bond motifs is 1. The van der Waals surface area contributed by atoms with Gasteiger partial charge in [-0.1, -0.05) is 17.4 Å². The predicted molar refractivity (Wildman–Crippen MR) is 70.2 cm³/mol. The van der Waals surface area contributed by atoms with E-state index < -0.39 is 0 Å². The van der Waals surface area contributed by atoms with Gasteiger partial charge in [0.05, 0.1) is 5.52 Å². The van der Waals surface area contributed by atoms with Gasteiger partial charge in [-0.15, -0.1) is 10.2 Å². The minimum absolute atomic E-state index is 0.825. The fraction of sp³-hybridized carbons (Fsp3) is 0.0833. The molecule has 0 aliphatic heterocycles. The number of benzene rings is 1. The maximum absolute atomic E-state index is 4.29. The maximum atomic E-state index is 4.29. The molecule has 3 aromatic rings. The predicted octanol–water partition coefficient (Wildman–Crippen LogP) is 2.80. The highest BCUT2D eigenvalue weighted by Crippen LogP contribution is 2.28. The van der Waals surface area contributed by atoms with E-state index in [0.29, 0.717) is 0 Å². The Kier molecular flexibility index (Phi) is 2.45. The van der Waals surface area contributed by atoms with Crippen LogP contribution in [-0.2, 0) is 0 Å². The lowest BCUT2D eigenvalue weighted by atomic mass is 10.1. The Balaban J connectivity index is 2.11. The second-order valence-corrected chi connectivity index (χ2v) is 4.55. The summed E-state index contributed by atoms with van der Waals surface area (Å²) >= 11 is 1.54. The zero-order valence-corrected chi connectivity index (χ0v) is 10.0. The summed E-state index contributed by atoms with van der Waals surface area (Å²) in [6, 6.07) is 10.1. The number of anilines is 1. The summed E-state index contributed by atoms with van der Waals surface area (Å²) in [5.74, 6) is 0. The Labute approximate surface area is 102 Å². The minimum atomic E-state index is 0.825. The van der Waals surface area contributed by atoms with Crippen LogP contribution < -0.4 is 5.32 Å². The molecule has 0 aliphatic carbocycles. The molecule has 0 amide bonds. The first-order valence-corrected chi connectivity index (χ1v) is 6.05. The molecule has 2 heterocycles. The highest BCUT2D eigenvalue weighted by Gasteiger charge is 2.06. The topological polar surface area (TPSA) is 50.7 Å². The van der Waals surface area contributed by atoms with Gasteiger partial charge < -0.3 is 5.32 Å². The van der Waals surface area contributed by atoms with E-state index in [2.05, 4.69) is 26.6 Å². The Bertz CT molecular complexity index is 662. The molecule has 2 aromatic heterocycles. The van der Waals surface area contributed by atoms with Crippen molar-refractivity contribution in [3.05, 3.63) is 36.5 Å². The molecule has 0 atom stereocenters. The zero-order chi connectivity index (χ0) is 11.7. The molecule has 0 bridgehead atoms. The SMILES string of the molecule is CNc1nnc(-c2ccc3ncccc3c2)s1. The molecule has 0 unspecified atom stereocenters. The molecule has 1 N–H and O–H groups in total. The standard InChI is InChI=1S/C12H10N4S/c1-13-12-16-15-11(17-12)9-4-5-10-8(7-9)3-2-6-14-10/h2-7H,1H3,(H,13,16). The van der Waals surface area contributed by atoms with E-state index in [-0.39, 0.29) is 0 Å². The third-order valence-electron chi connectivity index (χ3n) is 2.49. The first kappa shape index (κ1) is 10.2. The van der Waals surface area contributed by atoms with Crippen molar-refractivity contribution < 1.29 is 0 Å². The fourth-order valence-corrected chi connectivity index (χ4v) is 2.34. The monoisotopic (exact) mass is 242 g/mol. The van der Waals surface area contributed by atoms with Crippen LogP contribution >= 0.6 is 11.3 Å². The Hall–Kier alpha value is -2.01. The van der Waals surface area contributed by atoms with E-state index in [1.165, 1.54) is 0 Å². The Morgan fingerprint density at radius 2 is 2.12 bits per heavy atom. The van der Waals surface area contributed by atoms with Crippen LogP contribution in [-0.4, -0.2) is 22.2 Å². The summed E-state index contributed by atoms with van der Waals surface area (Å²) in [5.41, 5.74) is 2.07. The maximum Gasteiger partial charge on any atom is 0.205 e. The molecule has 0 radical (unpaired) electrons. The van der Waals surface area contributed by atoms with Gasteiger partial charge >= 0.3 is 0 Å². The summed E-state index contributed by atoms with van der Waals surface area (Å²) in [6.07, 6.45) is 1.80. The Morgan fingerprint density at radius 3 is 2.94 bits per heavy atom. The number of nitrogens with zero attached hydrogens (tertiary/aromatic N) is 3. The van der Waals surface area contributed by atoms with Gasteiger partial charge in [0.1, 0.15) is 5.01 Å². The number of hydrogen-bond acceptors (Lipinski definition) is 5. The molecule has 0 saturated carbocycles. The molecular weight excluding hydrogens is 232 g/mol. The first-order chi connectivity index (χ1) is 8.36. The minimum Gasteiger partial charge on any atom is -0.363 e. The van der Waals surface area contributed by atoms with Crippen LogP contribution in [0.5, 0.6) is 0 Å². The van der Waals surface area contributed by atoms with E-state index in [4.69, 9.17) is 0 Å². The summed E-state index contributed by atoms with van der Waals surface area (Å²) in [7, 11) is 1.84. The van der Waals surface area contributed by atoms with Crippen molar-refractivity contribution in [3.63, 3.8) is 0 Å². The van der Waals surface area contributed by atoms with Crippen molar-refractivity contribution in [2.24, 2.45) is 0 Å². The van der Waals surface area contributed by atoms with E-state index in [0.717, 1.165) is 26.6 Å². The summed E-state index contributed by atoms with van der Waals surface area (Å²) < 4.78 is 0. The molecule has 84 valence electrons. The third-order valence-corrected chi connectivity index (χ3v) is 3.48. The van der Waals surface area contributed by atoms with Crippen molar-refractivity contribution in [3.8, 4) is 10.6 Å². The van der Waals surface area contributed by atoms with Gasteiger partial charge in [0.15, 0.2) is 0 Å². The second kappa shape index (κ2) is 4.10. The van der Waals surface area contributed by atoms with E-state index >= 15 is 0 Å². The van der Waals surface area contributed by atoms with E-state index in [9.17, 15) is 0 Å². The van der Waals surface area contributed by atoms with Gasteiger partial charge in [-0.25, -0.2) is 0 Å². The van der Waals surface area contributed by atoms with Gasteiger partial charge in [-0.05, 0) is 24.3 Å². The van der Waals surface area contributed by atoms with Crippen LogP contribution in [0.25, 0.3) is 21.5 Å². The van der Waals surface area contributed by atoms with Crippen molar-refractivity contribution in [1.29, 1.82) is 0 Å². The highest BCUT2D eigenvalue weighted by molar-refractivity contribution is 7.18. The van der Waals surface area contributed by atoms with Crippen molar-refractivity contribution in [2.75, 3.05) is 12.4 Å². The van der Waals surface area contributed by atoms with Crippen LogP contribution in [0.3, 0.4) is 0 Å². The third kappa shape index (κ3) is 1.85. The van der Waals surface area contributed by atoms with Crippen LogP contribution in [0, 0.1) is 0 Å². The molecule has 0 spiro atoms. The molecule has 1 aromatic carbocycles. The summed E-state index contributed by atoms with van der Waals surface area (Å²) in [6.45, 7) is 0. The van der Waals surface area contributed by atoms with Gasteiger partial charge in [0, 0.05) is 24.2 Å². The second-order valence-electron chi connectivity index (χ2n) is 3.57. The number of rotatable bonds is 2. The van der Waals surface area contributed by atoms with Crippen LogP contribution in [0.4, 0.5) is 5.13 Å². The lowest BCUT2D eigenvalue weighted by Gasteiger charge is -1.98. The molecule has 3 rings (SSSR count). The van der Waals surface area contributed by atoms with Gasteiger partial charge in [0.2, 0.25) is 5.13 Å². The van der Waals surface area contributed by atoms with Crippen molar-refractivity contribution in [1.82, 2.24) is 15.2 Å². The highest BCUT2D eigenvalue weighted by atomic mass is 32.1. The smallest absolute Gasteiger partial charge is 0.205 e. The average Bonchev–Trinajstić information content (AvgIpc) is 2.87. The van der Waals surface area contributed by atoms with Crippen LogP contribution in [0.1, 0.15) is 0 Å². The number of hydrogen-bond donors (Lipinski definition) is 1. The molecule has 0 saturated heterocycles. The zero-order valence-electron chi connectivity index (χ0n) is 9.21. The largest absolute Gasteiger partial charge is 0.363 e. The molecule has 4 nitrogen and oxygen atoms in total.